The summed E-state index contributed by atoms with van der Waals surface area (Å²) in [5.74, 6) is 0.960. The van der Waals surface area contributed by atoms with E-state index in [0.29, 0.717) is 0 Å². The quantitative estimate of drug-likeness (QED) is 0.915. The van der Waals surface area contributed by atoms with Crippen molar-refractivity contribution in [3.8, 4) is 5.75 Å². The van der Waals surface area contributed by atoms with Crippen molar-refractivity contribution in [1.29, 1.82) is 0 Å². The van der Waals surface area contributed by atoms with Crippen LogP contribution in [0.3, 0.4) is 0 Å². The minimum atomic E-state index is -0.0172. The lowest BCUT2D eigenvalue weighted by Gasteiger charge is -2.19. The van der Waals surface area contributed by atoms with Crippen LogP contribution >= 0.6 is 0 Å². The summed E-state index contributed by atoms with van der Waals surface area (Å²) in [6, 6.07) is 12.6. The molecule has 3 rings (SSSR count). The molecule has 1 heterocycles. The van der Waals surface area contributed by atoms with E-state index in [2.05, 4.69) is 41.3 Å². The van der Waals surface area contributed by atoms with E-state index >= 15 is 0 Å². The lowest BCUT2D eigenvalue weighted by Crippen LogP contribution is -2.25. The molecule has 0 aliphatic carbocycles. The monoisotopic (exact) mass is 284 g/mol. The van der Waals surface area contributed by atoms with Crippen LogP contribution in [0.5, 0.6) is 5.75 Å². The van der Waals surface area contributed by atoms with Crippen molar-refractivity contribution in [3.05, 3.63) is 42.0 Å². The van der Waals surface area contributed by atoms with Gasteiger partial charge in [0.15, 0.2) is 0 Å². The van der Waals surface area contributed by atoms with Gasteiger partial charge in [-0.3, -0.25) is 4.90 Å². The Hall–Kier alpha value is -1.58. The second kappa shape index (κ2) is 6.46. The van der Waals surface area contributed by atoms with Crippen LogP contribution in [0, 0.1) is 0 Å². The fraction of sp³-hybridized carbons (Fsp3) is 0.444. The van der Waals surface area contributed by atoms with Crippen LogP contribution in [0.25, 0.3) is 10.8 Å². The molecule has 21 heavy (non-hydrogen) atoms. The third-order valence-corrected chi connectivity index (χ3v) is 4.25. The Morgan fingerprint density at radius 2 is 1.90 bits per heavy atom. The summed E-state index contributed by atoms with van der Waals surface area (Å²) in [4.78, 5) is 2.47. The summed E-state index contributed by atoms with van der Waals surface area (Å²) in [5.41, 5.74) is 7.20. The summed E-state index contributed by atoms with van der Waals surface area (Å²) in [6.45, 7) is 6.16. The minimum Gasteiger partial charge on any atom is -0.491 e. The number of nitrogens with two attached hydrogens (primary N) is 1. The van der Waals surface area contributed by atoms with Gasteiger partial charge in [0.05, 0.1) is 0 Å². The van der Waals surface area contributed by atoms with Crippen molar-refractivity contribution >= 4 is 10.8 Å². The van der Waals surface area contributed by atoms with Gasteiger partial charge in [-0.1, -0.05) is 36.4 Å². The topological polar surface area (TPSA) is 38.5 Å². The average Bonchev–Trinajstić information content (AvgIpc) is 3.00. The zero-order chi connectivity index (χ0) is 14.7. The Labute approximate surface area is 126 Å². The predicted molar refractivity (Wildman–Crippen MR) is 87.7 cm³/mol. The number of likely N-dealkylation sites (tertiary alicyclic amines) is 1. The molecule has 0 amide bonds. The highest BCUT2D eigenvalue weighted by atomic mass is 16.5. The van der Waals surface area contributed by atoms with Gasteiger partial charge in [0.2, 0.25) is 0 Å². The summed E-state index contributed by atoms with van der Waals surface area (Å²) < 4.78 is 6.15. The van der Waals surface area contributed by atoms with Crippen molar-refractivity contribution in [2.75, 3.05) is 26.2 Å². The SMILES string of the molecule is CC(N)c1ccc2ccccc2c1OCCN1CCCC1. The standard InChI is InChI=1S/C18H24N2O/c1-14(19)16-9-8-15-6-2-3-7-17(15)18(16)21-13-12-20-10-4-5-11-20/h2-3,6-9,14H,4-5,10-13,19H2,1H3. The third kappa shape index (κ3) is 3.20. The van der Waals surface area contributed by atoms with E-state index < -0.39 is 0 Å². The van der Waals surface area contributed by atoms with Crippen molar-refractivity contribution < 1.29 is 4.74 Å². The lowest BCUT2D eigenvalue weighted by molar-refractivity contribution is 0.237. The molecule has 0 radical (unpaired) electrons. The Morgan fingerprint density at radius 3 is 2.67 bits per heavy atom. The molecular weight excluding hydrogens is 260 g/mol. The molecule has 0 aromatic heterocycles. The van der Waals surface area contributed by atoms with Gasteiger partial charge in [0, 0.05) is 23.5 Å². The molecule has 1 aliphatic rings. The molecule has 3 nitrogen and oxygen atoms in total. The van der Waals surface area contributed by atoms with E-state index in [9.17, 15) is 0 Å². The van der Waals surface area contributed by atoms with Crippen molar-refractivity contribution in [3.63, 3.8) is 0 Å². The van der Waals surface area contributed by atoms with E-state index in [1.807, 2.05) is 6.92 Å². The van der Waals surface area contributed by atoms with Gasteiger partial charge in [-0.15, -0.1) is 0 Å². The first-order chi connectivity index (χ1) is 10.3. The summed E-state index contributed by atoms with van der Waals surface area (Å²) in [7, 11) is 0. The zero-order valence-electron chi connectivity index (χ0n) is 12.7. The van der Waals surface area contributed by atoms with Gasteiger partial charge in [0.1, 0.15) is 12.4 Å². The first-order valence-electron chi connectivity index (χ1n) is 7.88. The summed E-state index contributed by atoms with van der Waals surface area (Å²) >= 11 is 0. The molecule has 112 valence electrons. The van der Waals surface area contributed by atoms with Gasteiger partial charge >= 0.3 is 0 Å². The smallest absolute Gasteiger partial charge is 0.131 e. The van der Waals surface area contributed by atoms with E-state index in [1.165, 1.54) is 31.3 Å². The van der Waals surface area contributed by atoms with Crippen LogP contribution < -0.4 is 10.5 Å². The Morgan fingerprint density at radius 1 is 1.14 bits per heavy atom. The van der Waals surface area contributed by atoms with Crippen LogP contribution in [0.1, 0.15) is 31.4 Å². The Kier molecular flexibility index (Phi) is 4.42. The molecular formula is C18H24N2O. The molecule has 0 spiro atoms. The number of hydrogen-bond acceptors (Lipinski definition) is 3. The molecule has 1 aliphatic heterocycles. The molecule has 2 N–H and O–H groups in total. The Balaban J connectivity index is 1.82. The second-order valence-electron chi connectivity index (χ2n) is 5.89. The predicted octanol–water partition coefficient (Wildman–Crippen LogP) is 3.33. The average molecular weight is 284 g/mol. The van der Waals surface area contributed by atoms with Gasteiger partial charge in [-0.2, -0.15) is 0 Å². The number of nitrogens with zero attached hydrogens (tertiary/aromatic N) is 1. The molecule has 1 atom stereocenters. The molecule has 2 aromatic carbocycles. The van der Waals surface area contributed by atoms with E-state index in [1.54, 1.807) is 0 Å². The van der Waals surface area contributed by atoms with Crippen molar-refractivity contribution in [2.24, 2.45) is 5.73 Å². The number of hydrogen-bond donors (Lipinski definition) is 1. The summed E-state index contributed by atoms with van der Waals surface area (Å²) in [6.07, 6.45) is 2.64. The molecule has 3 heteroatoms. The van der Waals surface area contributed by atoms with Crippen LogP contribution in [0.4, 0.5) is 0 Å². The largest absolute Gasteiger partial charge is 0.491 e. The number of ether oxygens (including phenoxy) is 1. The number of fused-ring (bicyclic) bond motifs is 1. The van der Waals surface area contributed by atoms with Gasteiger partial charge in [-0.05, 0) is 38.2 Å². The minimum absolute atomic E-state index is 0.0172. The van der Waals surface area contributed by atoms with Crippen LogP contribution in [0.2, 0.25) is 0 Å². The fourth-order valence-corrected chi connectivity index (χ4v) is 3.06. The highest BCUT2D eigenvalue weighted by molar-refractivity contribution is 5.89. The van der Waals surface area contributed by atoms with Gasteiger partial charge in [0.25, 0.3) is 0 Å². The van der Waals surface area contributed by atoms with Gasteiger partial charge in [-0.25, -0.2) is 0 Å². The second-order valence-corrected chi connectivity index (χ2v) is 5.89. The molecule has 2 aromatic rings. The zero-order valence-corrected chi connectivity index (χ0v) is 12.7. The maximum Gasteiger partial charge on any atom is 0.131 e. The van der Waals surface area contributed by atoms with E-state index in [4.69, 9.17) is 10.5 Å². The van der Waals surface area contributed by atoms with Gasteiger partial charge < -0.3 is 10.5 Å². The highest BCUT2D eigenvalue weighted by Crippen LogP contribution is 2.32. The van der Waals surface area contributed by atoms with Crippen LogP contribution in [-0.2, 0) is 0 Å². The molecule has 0 bridgehead atoms. The highest BCUT2D eigenvalue weighted by Gasteiger charge is 2.14. The Bertz CT molecular complexity index is 603. The fourth-order valence-electron chi connectivity index (χ4n) is 3.06. The third-order valence-electron chi connectivity index (χ3n) is 4.25. The van der Waals surface area contributed by atoms with E-state index in [0.717, 1.165) is 29.9 Å². The lowest BCUT2D eigenvalue weighted by atomic mass is 10.0. The number of rotatable bonds is 5. The van der Waals surface area contributed by atoms with E-state index in [-0.39, 0.29) is 6.04 Å². The molecule has 1 unspecified atom stereocenters. The van der Waals surface area contributed by atoms with Crippen LogP contribution in [0.15, 0.2) is 36.4 Å². The summed E-state index contributed by atoms with van der Waals surface area (Å²) in [5, 5.41) is 2.37. The first-order valence-corrected chi connectivity index (χ1v) is 7.88. The van der Waals surface area contributed by atoms with Crippen molar-refractivity contribution in [2.45, 2.75) is 25.8 Å². The van der Waals surface area contributed by atoms with Crippen LogP contribution in [-0.4, -0.2) is 31.1 Å². The maximum absolute atomic E-state index is 6.15. The maximum atomic E-state index is 6.15. The molecule has 1 fully saturated rings. The van der Waals surface area contributed by atoms with Crippen molar-refractivity contribution in [1.82, 2.24) is 4.90 Å². The first kappa shape index (κ1) is 14.4. The molecule has 0 saturated carbocycles. The molecule has 1 saturated heterocycles. The normalized spacial score (nSPS) is 17.2. The number of benzene rings is 2.